The maximum absolute atomic E-state index is 12.5. The van der Waals surface area contributed by atoms with E-state index >= 15 is 0 Å². The summed E-state index contributed by atoms with van der Waals surface area (Å²) in [4.78, 5) is 12.5. The van der Waals surface area contributed by atoms with E-state index in [4.69, 9.17) is 0 Å². The van der Waals surface area contributed by atoms with Crippen LogP contribution in [0.5, 0.6) is 0 Å². The minimum atomic E-state index is 0.0219. The van der Waals surface area contributed by atoms with Gasteiger partial charge >= 0.3 is 0 Å². The summed E-state index contributed by atoms with van der Waals surface area (Å²) in [6, 6.07) is 12.8. The number of amides is 1. The monoisotopic (exact) mass is 386 g/mol. The number of carbonyl (C=O) groups is 1. The van der Waals surface area contributed by atoms with E-state index in [2.05, 4.69) is 46.0 Å². The first-order valence-electron chi connectivity index (χ1n) is 10.6. The van der Waals surface area contributed by atoms with Crippen molar-refractivity contribution in [3.05, 3.63) is 59.4 Å². The van der Waals surface area contributed by atoms with Crippen molar-refractivity contribution in [2.24, 2.45) is 0 Å². The Morgan fingerprint density at radius 1 is 1.07 bits per heavy atom. The number of piperidine rings is 1. The van der Waals surface area contributed by atoms with Gasteiger partial charge in [0.1, 0.15) is 0 Å². The van der Waals surface area contributed by atoms with Crippen molar-refractivity contribution < 1.29 is 4.79 Å². The number of rotatable bonds is 4. The molecule has 3 aromatic rings. The fraction of sp³-hybridized carbons (Fsp3) is 0.375. The Kier molecular flexibility index (Phi) is 4.76. The second-order valence-corrected chi connectivity index (χ2v) is 8.33. The molecular weight excluding hydrogens is 360 g/mol. The molecule has 148 valence electrons. The molecule has 1 aromatic heterocycles. The Morgan fingerprint density at radius 3 is 2.69 bits per heavy atom. The highest BCUT2D eigenvalue weighted by atomic mass is 16.1. The van der Waals surface area contributed by atoms with Gasteiger partial charge in [0.2, 0.25) is 0 Å². The highest BCUT2D eigenvalue weighted by Gasteiger charge is 2.24. The van der Waals surface area contributed by atoms with Crippen LogP contribution in [0.2, 0.25) is 0 Å². The summed E-state index contributed by atoms with van der Waals surface area (Å²) in [5.74, 6) is 0.489. The second kappa shape index (κ2) is 7.56. The van der Waals surface area contributed by atoms with Crippen molar-refractivity contribution in [1.29, 1.82) is 0 Å². The van der Waals surface area contributed by atoms with Crippen LogP contribution in [0.25, 0.3) is 21.9 Å². The van der Waals surface area contributed by atoms with E-state index in [0.717, 1.165) is 72.1 Å². The van der Waals surface area contributed by atoms with E-state index in [-0.39, 0.29) is 5.91 Å². The van der Waals surface area contributed by atoms with E-state index in [0.29, 0.717) is 12.0 Å². The minimum Gasteiger partial charge on any atom is -0.349 e. The molecule has 0 atom stereocenters. The number of carbonyl (C=O) groups excluding carboxylic acids is 1. The molecular formula is C24H26N4O. The molecule has 1 amide bonds. The number of fused-ring (bicyclic) bond motifs is 1. The summed E-state index contributed by atoms with van der Waals surface area (Å²) in [6.07, 6.45) is 6.24. The van der Waals surface area contributed by atoms with Crippen molar-refractivity contribution >= 4 is 16.7 Å². The summed E-state index contributed by atoms with van der Waals surface area (Å²) < 4.78 is 0. The predicted octanol–water partition coefficient (Wildman–Crippen LogP) is 3.96. The lowest BCUT2D eigenvalue weighted by Crippen LogP contribution is -2.27. The normalized spacial score (nSPS) is 17.4. The quantitative estimate of drug-likeness (QED) is 0.712. The van der Waals surface area contributed by atoms with E-state index < -0.39 is 0 Å². The molecule has 5 nitrogen and oxygen atoms in total. The lowest BCUT2D eigenvalue weighted by Gasteiger charge is -2.22. The first-order chi connectivity index (χ1) is 14.2. The molecule has 2 fully saturated rings. The van der Waals surface area contributed by atoms with E-state index in [1.165, 1.54) is 5.39 Å². The number of aryl methyl sites for hydroxylation is 1. The minimum absolute atomic E-state index is 0.0219. The van der Waals surface area contributed by atoms with Crippen LogP contribution in [-0.4, -0.2) is 35.2 Å². The van der Waals surface area contributed by atoms with Crippen LogP contribution in [0.15, 0.2) is 42.6 Å². The molecule has 29 heavy (non-hydrogen) atoms. The largest absolute Gasteiger partial charge is 0.349 e. The summed E-state index contributed by atoms with van der Waals surface area (Å²) in [5, 5.41) is 17.6. The van der Waals surface area contributed by atoms with Crippen molar-refractivity contribution in [2.45, 2.75) is 44.6 Å². The lowest BCUT2D eigenvalue weighted by molar-refractivity contribution is 0.0951. The van der Waals surface area contributed by atoms with Gasteiger partial charge in [0.15, 0.2) is 0 Å². The van der Waals surface area contributed by atoms with Gasteiger partial charge in [-0.25, -0.2) is 0 Å². The van der Waals surface area contributed by atoms with Gasteiger partial charge in [-0.1, -0.05) is 18.2 Å². The van der Waals surface area contributed by atoms with Crippen molar-refractivity contribution in [3.63, 3.8) is 0 Å². The number of hydrogen-bond acceptors (Lipinski definition) is 4. The first-order valence-corrected chi connectivity index (χ1v) is 10.6. The van der Waals surface area contributed by atoms with Gasteiger partial charge in [0.25, 0.3) is 5.91 Å². The Bertz CT molecular complexity index is 1070. The molecule has 0 spiro atoms. The number of hydrogen-bond donors (Lipinski definition) is 2. The maximum atomic E-state index is 12.5. The highest BCUT2D eigenvalue weighted by molar-refractivity contribution is 5.97. The maximum Gasteiger partial charge on any atom is 0.251 e. The molecule has 1 aliphatic heterocycles. The third kappa shape index (κ3) is 3.75. The van der Waals surface area contributed by atoms with Crippen molar-refractivity contribution in [2.75, 3.05) is 13.1 Å². The molecule has 1 saturated carbocycles. The Balaban J connectivity index is 1.51. The fourth-order valence-electron chi connectivity index (χ4n) is 4.25. The zero-order chi connectivity index (χ0) is 19.8. The Labute approximate surface area is 170 Å². The average Bonchev–Trinajstić information content (AvgIpc) is 3.58. The van der Waals surface area contributed by atoms with Gasteiger partial charge in [-0.05, 0) is 80.6 Å². The van der Waals surface area contributed by atoms with E-state index in [1.807, 2.05) is 24.4 Å². The molecule has 2 aliphatic rings. The number of benzene rings is 2. The Hall–Kier alpha value is -2.79. The fourth-order valence-corrected chi connectivity index (χ4v) is 4.25. The van der Waals surface area contributed by atoms with Crippen LogP contribution in [0.4, 0.5) is 0 Å². The topological polar surface area (TPSA) is 66.9 Å². The molecule has 0 unspecified atom stereocenters. The summed E-state index contributed by atoms with van der Waals surface area (Å²) in [7, 11) is 0. The van der Waals surface area contributed by atoms with Gasteiger partial charge in [-0.3, -0.25) is 4.79 Å². The molecule has 5 heteroatoms. The molecule has 0 bridgehead atoms. The summed E-state index contributed by atoms with van der Waals surface area (Å²) in [6.45, 7) is 4.17. The van der Waals surface area contributed by atoms with Crippen LogP contribution >= 0.6 is 0 Å². The number of nitrogens with one attached hydrogen (secondary N) is 2. The van der Waals surface area contributed by atoms with E-state index in [1.54, 1.807) is 0 Å². The second-order valence-electron chi connectivity index (χ2n) is 8.33. The van der Waals surface area contributed by atoms with E-state index in [9.17, 15) is 4.79 Å². The zero-order valence-electron chi connectivity index (χ0n) is 16.7. The molecule has 2 N–H and O–H groups in total. The van der Waals surface area contributed by atoms with Gasteiger partial charge in [0, 0.05) is 28.3 Å². The van der Waals surface area contributed by atoms with Gasteiger partial charge < -0.3 is 10.6 Å². The molecule has 1 saturated heterocycles. The third-order valence-corrected chi connectivity index (χ3v) is 6.14. The Morgan fingerprint density at radius 2 is 1.90 bits per heavy atom. The third-order valence-electron chi connectivity index (χ3n) is 6.14. The summed E-state index contributed by atoms with van der Waals surface area (Å²) in [5.41, 5.74) is 5.20. The van der Waals surface area contributed by atoms with Crippen LogP contribution < -0.4 is 10.6 Å². The first kappa shape index (κ1) is 18.3. The SMILES string of the molecule is Cc1ccc(C(=O)NC2CC2)cc1-c1ccc2c(C3CCNCC3)nncc2c1. The van der Waals surface area contributed by atoms with Gasteiger partial charge in [-0.15, -0.1) is 0 Å². The van der Waals surface area contributed by atoms with Crippen molar-refractivity contribution in [1.82, 2.24) is 20.8 Å². The molecule has 1 aliphatic carbocycles. The number of aromatic nitrogens is 2. The van der Waals surface area contributed by atoms with Crippen LogP contribution in [0.3, 0.4) is 0 Å². The predicted molar refractivity (Wildman–Crippen MR) is 115 cm³/mol. The van der Waals surface area contributed by atoms with Crippen LogP contribution in [-0.2, 0) is 0 Å². The molecule has 2 heterocycles. The van der Waals surface area contributed by atoms with Crippen molar-refractivity contribution in [3.8, 4) is 11.1 Å². The highest BCUT2D eigenvalue weighted by Crippen LogP contribution is 2.33. The molecule has 0 radical (unpaired) electrons. The smallest absolute Gasteiger partial charge is 0.251 e. The average molecular weight is 386 g/mol. The summed E-state index contributed by atoms with van der Waals surface area (Å²) >= 11 is 0. The van der Waals surface area contributed by atoms with Crippen LogP contribution in [0, 0.1) is 6.92 Å². The standard InChI is InChI=1S/C24H26N4O/c1-15-2-3-18(24(29)27-20-5-6-20)13-22(15)17-4-7-21-19(12-17)14-26-28-23(21)16-8-10-25-11-9-16/h2-4,7,12-14,16,20,25H,5-6,8-11H2,1H3,(H,27,29). The molecule has 5 rings (SSSR count). The molecule has 2 aromatic carbocycles. The van der Waals surface area contributed by atoms with Gasteiger partial charge in [-0.2, -0.15) is 10.2 Å². The van der Waals surface area contributed by atoms with Gasteiger partial charge in [0.05, 0.1) is 11.9 Å². The lowest BCUT2D eigenvalue weighted by atomic mass is 9.90. The zero-order valence-corrected chi connectivity index (χ0v) is 16.7. The van der Waals surface area contributed by atoms with Crippen LogP contribution in [0.1, 0.15) is 53.2 Å². The number of nitrogens with zero attached hydrogens (tertiary/aromatic N) is 2.